The molecule has 2 aliphatic rings. The molecular weight excluding hydrogens is 878 g/mol. The van der Waals surface area contributed by atoms with Crippen LogP contribution < -0.4 is 0 Å². The quantitative estimate of drug-likeness (QED) is 0.131. The highest BCUT2D eigenvalue weighted by atomic mass is 79.9. The lowest BCUT2D eigenvalue weighted by Crippen LogP contribution is -2.31. The van der Waals surface area contributed by atoms with Crippen LogP contribution >= 0.6 is 86.7 Å². The van der Waals surface area contributed by atoms with Gasteiger partial charge in [0.05, 0.1) is 0 Å². The predicted octanol–water partition coefficient (Wildman–Crippen LogP) is 14.9. The number of hydrogen-bond donors (Lipinski definition) is 1. The molecule has 2 heterocycles. The molecule has 0 saturated carbocycles. The zero-order valence-corrected chi connectivity index (χ0v) is 37.1. The summed E-state index contributed by atoms with van der Waals surface area (Å²) in [5.74, 6) is 2.43. The van der Waals surface area contributed by atoms with E-state index in [0.717, 1.165) is 52.2 Å². The van der Waals surface area contributed by atoms with E-state index >= 15 is 0 Å². The van der Waals surface area contributed by atoms with Gasteiger partial charge in [0.25, 0.3) is 0 Å². The first-order valence-electron chi connectivity index (χ1n) is 18.1. The molecule has 9 heteroatoms. The van der Waals surface area contributed by atoms with E-state index in [0.29, 0.717) is 21.9 Å². The number of thiol groups is 1. The summed E-state index contributed by atoms with van der Waals surface area (Å²) in [5, 5.41) is 2.95. The highest BCUT2D eigenvalue weighted by Gasteiger charge is 2.28. The Morgan fingerprint density at radius 3 is 1.46 bits per heavy atom. The second-order valence-corrected chi connectivity index (χ2v) is 17.9. The molecule has 0 aromatic heterocycles. The minimum atomic E-state index is 0. The Morgan fingerprint density at radius 1 is 0.607 bits per heavy atom. The van der Waals surface area contributed by atoms with Crippen molar-refractivity contribution >= 4 is 86.7 Å². The smallest absolute Gasteiger partial charge is 0.0468 e. The summed E-state index contributed by atoms with van der Waals surface area (Å²) in [6.45, 7) is 3.69. The van der Waals surface area contributed by atoms with Crippen LogP contribution in [-0.2, 0) is 24.6 Å². The highest BCUT2D eigenvalue weighted by molar-refractivity contribution is 9.10. The van der Waals surface area contributed by atoms with E-state index in [-0.39, 0.29) is 7.43 Å². The van der Waals surface area contributed by atoms with Crippen LogP contribution in [0, 0.1) is 0 Å². The topological polar surface area (TPSA) is 6.48 Å². The third-order valence-electron chi connectivity index (χ3n) is 9.81. The normalized spacial score (nSPS) is 16.2. The zero-order chi connectivity index (χ0) is 38.9. The first kappa shape index (κ1) is 44.7. The molecule has 2 unspecified atom stereocenters. The minimum absolute atomic E-state index is 0. The van der Waals surface area contributed by atoms with Gasteiger partial charge in [-0.2, -0.15) is 12.6 Å². The molecule has 292 valence electrons. The fourth-order valence-corrected chi connectivity index (χ4v) is 9.54. The number of fused-ring (bicyclic) bond motifs is 2. The first-order valence-corrected chi connectivity index (χ1v) is 22.0. The molecule has 6 aromatic carbocycles. The lowest BCUT2D eigenvalue weighted by Gasteiger charge is -2.33. The van der Waals surface area contributed by atoms with Crippen molar-refractivity contribution in [3.63, 3.8) is 0 Å². The van der Waals surface area contributed by atoms with Gasteiger partial charge < -0.3 is 9.80 Å². The standard InChI is InChI=1S/C23H21Cl2NS.C16H14BrCl2N.C7H8S.CH4/c1-26-13-21(20-11-18(24)12-23(25)22(20)14-26)17-7-9-19(10-8-17)27-15-16-5-3-2-4-6-16;1-20-8-14(10-2-4-11(17)5-3-10)13-6-12(18)7-16(19)15(13)9-20;8-6-7-4-2-1-3-5-7;/h2-12,21H,13-15H2,1H3;2-7,14H,8-9H2,1H3;1-5,8H,6H2;1H4. The molecule has 0 N–H and O–H groups in total. The van der Waals surface area contributed by atoms with Gasteiger partial charge in [-0.15, -0.1) is 11.8 Å². The molecule has 0 amide bonds. The number of thioether (sulfide) groups is 1. The molecule has 0 aliphatic carbocycles. The average Bonchev–Trinajstić information content (AvgIpc) is 3.19. The second-order valence-electron chi connectivity index (χ2n) is 13.9. The summed E-state index contributed by atoms with van der Waals surface area (Å²) in [6.07, 6.45) is 0. The van der Waals surface area contributed by atoms with Crippen LogP contribution in [0.2, 0.25) is 20.1 Å². The summed E-state index contributed by atoms with van der Waals surface area (Å²) in [7, 11) is 4.27. The van der Waals surface area contributed by atoms with Gasteiger partial charge in [0.15, 0.2) is 0 Å². The number of nitrogens with zero attached hydrogens (tertiary/aromatic N) is 2. The number of likely N-dealkylation sites (N-methyl/N-ethyl adjacent to an activating group) is 2. The van der Waals surface area contributed by atoms with Crippen LogP contribution in [0.4, 0.5) is 0 Å². The molecule has 0 bridgehead atoms. The van der Waals surface area contributed by atoms with Crippen molar-refractivity contribution in [1.29, 1.82) is 0 Å². The third kappa shape index (κ3) is 12.1. The lowest BCUT2D eigenvalue weighted by atomic mass is 9.85. The van der Waals surface area contributed by atoms with Crippen molar-refractivity contribution in [2.45, 2.75) is 48.8 Å². The Balaban J connectivity index is 0.000000181. The van der Waals surface area contributed by atoms with E-state index in [1.54, 1.807) is 0 Å². The van der Waals surface area contributed by atoms with E-state index in [1.165, 1.54) is 49.4 Å². The molecular formula is C47H47BrCl4N2S2. The lowest BCUT2D eigenvalue weighted by molar-refractivity contribution is 0.295. The van der Waals surface area contributed by atoms with Crippen LogP contribution in [-0.4, -0.2) is 37.0 Å². The Kier molecular flexibility index (Phi) is 17.2. The van der Waals surface area contributed by atoms with Crippen molar-refractivity contribution in [2.24, 2.45) is 0 Å². The maximum absolute atomic E-state index is 6.48. The molecule has 0 radical (unpaired) electrons. The number of hydrogen-bond acceptors (Lipinski definition) is 4. The third-order valence-corrected chi connectivity index (χ3v) is 12.9. The molecule has 2 nitrogen and oxygen atoms in total. The summed E-state index contributed by atoms with van der Waals surface area (Å²) in [6, 6.07) is 46.0. The van der Waals surface area contributed by atoms with Crippen LogP contribution in [0.15, 0.2) is 143 Å². The molecule has 0 spiro atoms. The monoisotopic (exact) mass is 922 g/mol. The maximum Gasteiger partial charge on any atom is 0.0468 e. The minimum Gasteiger partial charge on any atom is -0.301 e. The van der Waals surface area contributed by atoms with Gasteiger partial charge in [0, 0.05) is 79.0 Å². The Bertz CT molecular complexity index is 2150. The van der Waals surface area contributed by atoms with Gasteiger partial charge in [-0.3, -0.25) is 0 Å². The van der Waals surface area contributed by atoms with Gasteiger partial charge in [0.1, 0.15) is 0 Å². The second kappa shape index (κ2) is 21.5. The van der Waals surface area contributed by atoms with E-state index < -0.39 is 0 Å². The van der Waals surface area contributed by atoms with Crippen molar-refractivity contribution in [3.8, 4) is 0 Å². The fourth-order valence-electron chi connectivity index (χ4n) is 7.08. The van der Waals surface area contributed by atoms with E-state index in [9.17, 15) is 0 Å². The highest BCUT2D eigenvalue weighted by Crippen LogP contribution is 2.40. The molecule has 6 aromatic rings. The van der Waals surface area contributed by atoms with Crippen molar-refractivity contribution in [1.82, 2.24) is 9.80 Å². The van der Waals surface area contributed by atoms with Crippen LogP contribution in [0.25, 0.3) is 0 Å². The average molecular weight is 926 g/mol. The van der Waals surface area contributed by atoms with E-state index in [4.69, 9.17) is 46.4 Å². The van der Waals surface area contributed by atoms with Gasteiger partial charge in [-0.25, -0.2) is 0 Å². The van der Waals surface area contributed by atoms with Gasteiger partial charge in [-0.1, -0.05) is 155 Å². The van der Waals surface area contributed by atoms with Crippen LogP contribution in [0.1, 0.15) is 63.8 Å². The number of benzene rings is 6. The Labute approximate surface area is 372 Å². The van der Waals surface area contributed by atoms with Crippen molar-refractivity contribution in [3.05, 3.63) is 203 Å². The predicted molar refractivity (Wildman–Crippen MR) is 252 cm³/mol. The van der Waals surface area contributed by atoms with Gasteiger partial charge in [-0.05, 0) is 107 Å². The molecule has 56 heavy (non-hydrogen) atoms. The van der Waals surface area contributed by atoms with Crippen LogP contribution in [0.5, 0.6) is 0 Å². The SMILES string of the molecule is C.CN1Cc2c(Cl)cc(Cl)cc2C(c2ccc(Br)cc2)C1.CN1Cc2c(Cl)cc(Cl)cc2C(c2ccc(SCc3ccccc3)cc2)C1.SCc1ccccc1. The first-order chi connectivity index (χ1) is 26.6. The molecule has 8 rings (SSSR count). The summed E-state index contributed by atoms with van der Waals surface area (Å²) < 4.78 is 1.09. The Morgan fingerprint density at radius 2 is 1.04 bits per heavy atom. The zero-order valence-electron chi connectivity index (χ0n) is 30.7. The van der Waals surface area contributed by atoms with Gasteiger partial charge in [0.2, 0.25) is 0 Å². The van der Waals surface area contributed by atoms with Crippen molar-refractivity contribution < 1.29 is 0 Å². The maximum atomic E-state index is 6.48. The molecule has 2 aliphatic heterocycles. The summed E-state index contributed by atoms with van der Waals surface area (Å²) in [4.78, 5) is 5.91. The van der Waals surface area contributed by atoms with Crippen molar-refractivity contribution in [2.75, 3.05) is 27.2 Å². The van der Waals surface area contributed by atoms with Gasteiger partial charge >= 0.3 is 0 Å². The van der Waals surface area contributed by atoms with Crippen LogP contribution in [0.3, 0.4) is 0 Å². The van der Waals surface area contributed by atoms with E-state index in [1.807, 2.05) is 42.1 Å². The largest absolute Gasteiger partial charge is 0.301 e. The van der Waals surface area contributed by atoms with E-state index in [2.05, 4.69) is 156 Å². The molecule has 0 fully saturated rings. The Hall–Kier alpha value is -2.42. The fraction of sp³-hybridized carbons (Fsp3) is 0.234. The molecule has 2 atom stereocenters. The number of halogens is 5. The molecule has 0 saturated heterocycles. The summed E-state index contributed by atoms with van der Waals surface area (Å²) >= 11 is 34.8. The summed E-state index contributed by atoms with van der Waals surface area (Å²) in [5.41, 5.74) is 10.1. The number of rotatable bonds is 6.